The van der Waals surface area contributed by atoms with Crippen molar-refractivity contribution in [3.05, 3.63) is 51.4 Å². The molecule has 2 heterocycles. The minimum absolute atomic E-state index is 0.0142. The molecule has 1 aromatic carbocycles. The molecule has 3 N–H and O–H groups in total. The lowest BCUT2D eigenvalue weighted by Crippen LogP contribution is -2.57. The molecule has 138 valence electrons. The summed E-state index contributed by atoms with van der Waals surface area (Å²) in [7, 11) is 0. The van der Waals surface area contributed by atoms with Crippen molar-refractivity contribution in [3.8, 4) is 0 Å². The summed E-state index contributed by atoms with van der Waals surface area (Å²) >= 11 is 0.787. The van der Waals surface area contributed by atoms with Gasteiger partial charge in [0.1, 0.15) is 5.82 Å². The van der Waals surface area contributed by atoms with Crippen molar-refractivity contribution in [2.24, 2.45) is 0 Å². The van der Waals surface area contributed by atoms with Crippen LogP contribution >= 0.6 is 11.8 Å². The maximum absolute atomic E-state index is 13.4. The number of amides is 1. The number of benzene rings is 1. The van der Waals surface area contributed by atoms with Crippen LogP contribution in [0.3, 0.4) is 0 Å². The molecule has 0 aliphatic carbocycles. The van der Waals surface area contributed by atoms with Gasteiger partial charge in [-0.15, -0.1) is 11.8 Å². The van der Waals surface area contributed by atoms with Gasteiger partial charge in [-0.3, -0.25) is 9.59 Å². The van der Waals surface area contributed by atoms with E-state index >= 15 is 0 Å². The van der Waals surface area contributed by atoms with Crippen LogP contribution in [0.15, 0.2) is 40.0 Å². The number of hydrogen-bond acceptors (Lipinski definition) is 5. The topological polar surface area (TPSA) is 95.1 Å². The van der Waals surface area contributed by atoms with Gasteiger partial charge in [0.2, 0.25) is 0 Å². The number of carbonyl (C=O) groups is 1. The Bertz CT molecular complexity index is 941. The SMILES string of the molecule is O=C(NCc1nc2ccccc2c(=O)[nH]1)C(O)(C1=CCCS1)C(F)(F)F. The first kappa shape index (κ1) is 18.5. The van der Waals surface area contributed by atoms with Crippen molar-refractivity contribution in [1.82, 2.24) is 15.3 Å². The van der Waals surface area contributed by atoms with Gasteiger partial charge in [-0.2, -0.15) is 13.2 Å². The first-order chi connectivity index (χ1) is 12.2. The van der Waals surface area contributed by atoms with Crippen molar-refractivity contribution < 1.29 is 23.1 Å². The Hall–Kier alpha value is -2.33. The van der Waals surface area contributed by atoms with Crippen molar-refractivity contribution in [1.29, 1.82) is 0 Å². The number of nitrogens with zero attached hydrogens (tertiary/aromatic N) is 1. The molecule has 1 amide bonds. The largest absolute Gasteiger partial charge is 0.431 e. The van der Waals surface area contributed by atoms with Crippen LogP contribution in [-0.2, 0) is 11.3 Å². The molecular weight excluding hydrogens is 371 g/mol. The first-order valence-electron chi connectivity index (χ1n) is 7.62. The van der Waals surface area contributed by atoms with Gasteiger partial charge in [0, 0.05) is 10.7 Å². The average Bonchev–Trinajstić information content (AvgIpc) is 3.13. The monoisotopic (exact) mass is 385 g/mol. The number of rotatable bonds is 4. The highest BCUT2D eigenvalue weighted by molar-refractivity contribution is 8.03. The van der Waals surface area contributed by atoms with E-state index in [0.717, 1.165) is 11.8 Å². The van der Waals surface area contributed by atoms with E-state index in [1.54, 1.807) is 24.3 Å². The van der Waals surface area contributed by atoms with E-state index in [-0.39, 0.29) is 5.82 Å². The molecule has 0 radical (unpaired) electrons. The molecule has 1 unspecified atom stereocenters. The lowest BCUT2D eigenvalue weighted by Gasteiger charge is -2.29. The minimum Gasteiger partial charge on any atom is -0.368 e. The van der Waals surface area contributed by atoms with E-state index in [1.165, 1.54) is 6.08 Å². The van der Waals surface area contributed by atoms with Crippen LogP contribution in [0.5, 0.6) is 0 Å². The van der Waals surface area contributed by atoms with Gasteiger partial charge in [0.05, 0.1) is 17.4 Å². The number of fused-ring (bicyclic) bond motifs is 1. The van der Waals surface area contributed by atoms with Gasteiger partial charge in [-0.25, -0.2) is 4.98 Å². The zero-order valence-electron chi connectivity index (χ0n) is 13.3. The number of aliphatic hydroxyl groups is 1. The Morgan fingerprint density at radius 2 is 2.08 bits per heavy atom. The number of aromatic nitrogens is 2. The number of carbonyl (C=O) groups excluding carboxylic acids is 1. The highest BCUT2D eigenvalue weighted by Crippen LogP contribution is 2.44. The fraction of sp³-hybridized carbons (Fsp3) is 0.312. The first-order valence-corrected chi connectivity index (χ1v) is 8.61. The molecule has 26 heavy (non-hydrogen) atoms. The number of halogens is 3. The Morgan fingerprint density at radius 3 is 2.73 bits per heavy atom. The summed E-state index contributed by atoms with van der Waals surface area (Å²) in [5.74, 6) is -1.26. The van der Waals surface area contributed by atoms with Crippen molar-refractivity contribution in [2.75, 3.05) is 5.75 Å². The van der Waals surface area contributed by atoms with Crippen LogP contribution in [0.1, 0.15) is 12.2 Å². The summed E-state index contributed by atoms with van der Waals surface area (Å²) in [5, 5.41) is 12.4. The number of H-pyrrole nitrogens is 1. The van der Waals surface area contributed by atoms with Crippen molar-refractivity contribution in [2.45, 2.75) is 24.7 Å². The second kappa shape index (κ2) is 6.76. The van der Waals surface area contributed by atoms with Crippen molar-refractivity contribution in [3.63, 3.8) is 0 Å². The molecule has 1 aliphatic heterocycles. The molecule has 1 atom stereocenters. The highest BCUT2D eigenvalue weighted by Gasteiger charge is 2.62. The lowest BCUT2D eigenvalue weighted by atomic mass is 10.0. The number of para-hydroxylation sites is 1. The number of alkyl halides is 3. The predicted octanol–water partition coefficient (Wildman–Crippen LogP) is 1.85. The maximum Gasteiger partial charge on any atom is 0.431 e. The van der Waals surface area contributed by atoms with Crippen LogP contribution in [0.25, 0.3) is 10.9 Å². The van der Waals surface area contributed by atoms with Crippen LogP contribution in [0, 0.1) is 0 Å². The molecule has 10 heteroatoms. The van der Waals surface area contributed by atoms with Crippen LogP contribution in [0.2, 0.25) is 0 Å². The van der Waals surface area contributed by atoms with Crippen LogP contribution in [0.4, 0.5) is 13.2 Å². The molecule has 3 rings (SSSR count). The standard InChI is InChI=1S/C16H14F3N3O3S/c17-16(18,19)15(25,11-6-3-7-26-11)14(24)20-8-12-21-10-5-2-1-4-9(10)13(23)22-12/h1-2,4-6,25H,3,7-8H2,(H,20,24)(H,21,22,23). The molecule has 2 aromatic rings. The van der Waals surface area contributed by atoms with E-state index < -0.39 is 34.7 Å². The Balaban J connectivity index is 1.84. The van der Waals surface area contributed by atoms with Gasteiger partial charge < -0.3 is 15.4 Å². The van der Waals surface area contributed by atoms with Gasteiger partial charge in [0.15, 0.2) is 0 Å². The Kier molecular flexibility index (Phi) is 4.80. The quantitative estimate of drug-likeness (QED) is 0.747. The van der Waals surface area contributed by atoms with E-state index in [4.69, 9.17) is 0 Å². The van der Waals surface area contributed by atoms with E-state index in [9.17, 15) is 27.9 Å². The predicted molar refractivity (Wildman–Crippen MR) is 90.4 cm³/mol. The second-order valence-corrected chi connectivity index (χ2v) is 6.76. The molecule has 0 saturated carbocycles. The van der Waals surface area contributed by atoms with E-state index in [0.29, 0.717) is 23.1 Å². The third-order valence-corrected chi connectivity index (χ3v) is 5.09. The van der Waals surface area contributed by atoms with Crippen molar-refractivity contribution >= 4 is 28.6 Å². The number of aromatic amines is 1. The van der Waals surface area contributed by atoms with Crippen LogP contribution in [-0.4, -0.2) is 38.5 Å². The summed E-state index contributed by atoms with van der Waals surface area (Å²) in [5.41, 5.74) is -3.74. The fourth-order valence-electron chi connectivity index (χ4n) is 2.56. The normalized spacial score (nSPS) is 17.0. The van der Waals surface area contributed by atoms with E-state index in [2.05, 4.69) is 9.97 Å². The van der Waals surface area contributed by atoms with Crippen LogP contribution < -0.4 is 10.9 Å². The van der Waals surface area contributed by atoms with Gasteiger partial charge >= 0.3 is 6.18 Å². The third-order valence-electron chi connectivity index (χ3n) is 3.88. The molecule has 6 nitrogen and oxygen atoms in total. The smallest absolute Gasteiger partial charge is 0.368 e. The second-order valence-electron chi connectivity index (χ2n) is 5.63. The third kappa shape index (κ3) is 3.21. The molecule has 0 bridgehead atoms. The molecule has 0 fully saturated rings. The number of allylic oxidation sites excluding steroid dienone is 1. The zero-order chi connectivity index (χ0) is 18.9. The lowest BCUT2D eigenvalue weighted by molar-refractivity contribution is -0.235. The molecule has 0 saturated heterocycles. The molecular formula is C16H14F3N3O3S. The summed E-state index contributed by atoms with van der Waals surface area (Å²) in [4.78, 5) is 30.2. The summed E-state index contributed by atoms with van der Waals surface area (Å²) in [6.07, 6.45) is -3.64. The van der Waals surface area contributed by atoms with Gasteiger partial charge in [0.25, 0.3) is 17.1 Å². The minimum atomic E-state index is -5.18. The fourth-order valence-corrected chi connectivity index (χ4v) is 3.67. The maximum atomic E-state index is 13.4. The molecule has 1 aliphatic rings. The molecule has 1 aromatic heterocycles. The van der Waals surface area contributed by atoms with Gasteiger partial charge in [-0.1, -0.05) is 18.2 Å². The number of nitrogens with one attached hydrogen (secondary N) is 2. The molecule has 0 spiro atoms. The average molecular weight is 385 g/mol. The van der Waals surface area contributed by atoms with E-state index in [1.807, 2.05) is 5.32 Å². The summed E-state index contributed by atoms with van der Waals surface area (Å²) in [6, 6.07) is 6.43. The summed E-state index contributed by atoms with van der Waals surface area (Å²) in [6.45, 7) is -0.463. The number of hydrogen-bond donors (Lipinski definition) is 3. The van der Waals surface area contributed by atoms with Gasteiger partial charge in [-0.05, 0) is 18.6 Å². The highest BCUT2D eigenvalue weighted by atomic mass is 32.2. The Labute approximate surface area is 149 Å². The zero-order valence-corrected chi connectivity index (χ0v) is 14.1. The summed E-state index contributed by atoms with van der Waals surface area (Å²) < 4.78 is 40.1. The Morgan fingerprint density at radius 1 is 1.35 bits per heavy atom. The number of thioether (sulfide) groups is 1.